The van der Waals surface area contributed by atoms with E-state index in [1.165, 1.54) is 5.56 Å². The van der Waals surface area contributed by atoms with Crippen LogP contribution in [0, 0.1) is 0 Å². The predicted molar refractivity (Wildman–Crippen MR) is 85.5 cm³/mol. The van der Waals surface area contributed by atoms with Crippen LogP contribution in [-0.2, 0) is 16.0 Å². The van der Waals surface area contributed by atoms with Crippen molar-refractivity contribution in [2.45, 2.75) is 19.3 Å². The molecule has 5 heteroatoms. The summed E-state index contributed by atoms with van der Waals surface area (Å²) in [6.07, 6.45) is 7.19. The Labute approximate surface area is 130 Å². The summed E-state index contributed by atoms with van der Waals surface area (Å²) in [7, 11) is 0. The number of primary amides is 1. The van der Waals surface area contributed by atoms with E-state index in [1.807, 2.05) is 47.5 Å². The molecule has 0 atom stereocenters. The molecule has 0 saturated carbocycles. The number of hydrogen-bond acceptors (Lipinski definition) is 3. The highest BCUT2D eigenvalue weighted by atomic mass is 16.2. The van der Waals surface area contributed by atoms with Crippen LogP contribution in [0.15, 0.2) is 54.4 Å². The number of carbonyl (C=O) groups excluding carboxylic acids is 2. The molecule has 1 aliphatic rings. The number of amides is 2. The van der Waals surface area contributed by atoms with Gasteiger partial charge in [-0.05, 0) is 24.6 Å². The van der Waals surface area contributed by atoms with E-state index >= 15 is 0 Å². The number of allylic oxidation sites excluding steroid dienone is 1. The minimum absolute atomic E-state index is 0.00364. The fourth-order valence-corrected chi connectivity index (χ4v) is 2.22. The fourth-order valence-electron chi connectivity index (χ4n) is 2.22. The maximum atomic E-state index is 11.8. The van der Waals surface area contributed by atoms with Gasteiger partial charge in [0.15, 0.2) is 0 Å². The molecule has 0 spiro atoms. The van der Waals surface area contributed by atoms with E-state index in [9.17, 15) is 9.59 Å². The van der Waals surface area contributed by atoms with Crippen molar-refractivity contribution in [2.75, 3.05) is 13.1 Å². The second-order valence-electron chi connectivity index (χ2n) is 5.18. The summed E-state index contributed by atoms with van der Waals surface area (Å²) < 4.78 is 0. The average Bonchev–Trinajstić information content (AvgIpc) is 2.54. The van der Waals surface area contributed by atoms with Crippen LogP contribution in [0.1, 0.15) is 18.4 Å². The van der Waals surface area contributed by atoms with Crippen molar-refractivity contribution in [3.8, 4) is 0 Å². The molecule has 0 bridgehead atoms. The first-order valence-electron chi connectivity index (χ1n) is 7.38. The van der Waals surface area contributed by atoms with E-state index < -0.39 is 5.91 Å². The predicted octanol–water partition coefficient (Wildman–Crippen LogP) is 1.32. The number of nitrogens with zero attached hydrogens (tertiary/aromatic N) is 1. The molecule has 0 radical (unpaired) electrons. The highest BCUT2D eigenvalue weighted by Gasteiger charge is 2.11. The average molecular weight is 299 g/mol. The van der Waals surface area contributed by atoms with E-state index in [2.05, 4.69) is 5.32 Å². The Morgan fingerprint density at radius 3 is 2.73 bits per heavy atom. The maximum Gasteiger partial charge on any atom is 0.246 e. The lowest BCUT2D eigenvalue weighted by Gasteiger charge is -2.20. The van der Waals surface area contributed by atoms with Gasteiger partial charge < -0.3 is 16.0 Å². The van der Waals surface area contributed by atoms with Gasteiger partial charge in [0.1, 0.15) is 0 Å². The lowest BCUT2D eigenvalue weighted by molar-refractivity contribution is -0.121. The SMILES string of the molecule is NC(=O)C1=CN(CCC(=O)NCCc2ccccc2)C=CC1. The van der Waals surface area contributed by atoms with Crippen molar-refractivity contribution in [3.05, 3.63) is 59.9 Å². The summed E-state index contributed by atoms with van der Waals surface area (Å²) in [5.74, 6) is -0.411. The molecule has 2 rings (SSSR count). The van der Waals surface area contributed by atoms with Crippen LogP contribution in [0.5, 0.6) is 0 Å². The van der Waals surface area contributed by atoms with Crippen LogP contribution >= 0.6 is 0 Å². The highest BCUT2D eigenvalue weighted by molar-refractivity contribution is 5.92. The first-order valence-corrected chi connectivity index (χ1v) is 7.38. The topological polar surface area (TPSA) is 75.4 Å². The molecule has 22 heavy (non-hydrogen) atoms. The molecule has 0 saturated heterocycles. The second-order valence-corrected chi connectivity index (χ2v) is 5.18. The molecule has 5 nitrogen and oxygen atoms in total. The number of carbonyl (C=O) groups is 2. The Kier molecular flexibility index (Phi) is 5.77. The van der Waals surface area contributed by atoms with E-state index in [-0.39, 0.29) is 5.91 Å². The summed E-state index contributed by atoms with van der Waals surface area (Å²) in [5.41, 5.74) is 7.03. The van der Waals surface area contributed by atoms with Crippen molar-refractivity contribution in [3.63, 3.8) is 0 Å². The third-order valence-corrected chi connectivity index (χ3v) is 3.45. The van der Waals surface area contributed by atoms with E-state index in [1.54, 1.807) is 6.20 Å². The van der Waals surface area contributed by atoms with Crippen molar-refractivity contribution < 1.29 is 9.59 Å². The molecule has 2 amide bonds. The van der Waals surface area contributed by atoms with Crippen LogP contribution in [0.25, 0.3) is 0 Å². The lowest BCUT2D eigenvalue weighted by Crippen LogP contribution is -2.29. The standard InChI is InChI=1S/C17H21N3O2/c18-17(22)15-7-4-11-20(13-15)12-9-16(21)19-10-8-14-5-2-1-3-6-14/h1-6,11,13H,7-10,12H2,(H2,18,22)(H,19,21). The summed E-state index contributed by atoms with van der Waals surface area (Å²) >= 11 is 0. The summed E-state index contributed by atoms with van der Waals surface area (Å²) in [6, 6.07) is 10.0. The molecule has 0 aromatic heterocycles. The number of nitrogens with two attached hydrogens (primary N) is 1. The number of benzene rings is 1. The third kappa shape index (κ3) is 5.09. The number of hydrogen-bond donors (Lipinski definition) is 2. The van der Waals surface area contributed by atoms with Crippen LogP contribution in [0.4, 0.5) is 0 Å². The zero-order chi connectivity index (χ0) is 15.8. The van der Waals surface area contributed by atoms with Gasteiger partial charge in [-0.25, -0.2) is 0 Å². The molecule has 1 heterocycles. The molecular weight excluding hydrogens is 278 g/mol. The van der Waals surface area contributed by atoms with E-state index in [4.69, 9.17) is 5.73 Å². The second kappa shape index (κ2) is 8.02. The Balaban J connectivity index is 1.68. The number of rotatable bonds is 7. The summed E-state index contributed by atoms with van der Waals surface area (Å²) in [6.45, 7) is 1.16. The van der Waals surface area contributed by atoms with Crippen LogP contribution < -0.4 is 11.1 Å². The zero-order valence-electron chi connectivity index (χ0n) is 12.5. The molecule has 0 fully saturated rings. The van der Waals surface area contributed by atoms with E-state index in [0.29, 0.717) is 31.5 Å². The molecular formula is C17H21N3O2. The monoisotopic (exact) mass is 299 g/mol. The molecule has 1 aromatic rings. The van der Waals surface area contributed by atoms with Gasteiger partial charge in [-0.15, -0.1) is 0 Å². The minimum atomic E-state index is -0.415. The Bertz CT molecular complexity index is 579. The van der Waals surface area contributed by atoms with Gasteiger partial charge >= 0.3 is 0 Å². The first-order chi connectivity index (χ1) is 10.6. The largest absolute Gasteiger partial charge is 0.366 e. The Hall–Kier alpha value is -2.56. The van der Waals surface area contributed by atoms with Gasteiger partial charge in [0, 0.05) is 31.3 Å². The first kappa shape index (κ1) is 15.8. The van der Waals surface area contributed by atoms with Gasteiger partial charge in [-0.2, -0.15) is 0 Å². The Morgan fingerprint density at radius 2 is 2.00 bits per heavy atom. The molecule has 116 valence electrons. The van der Waals surface area contributed by atoms with Gasteiger partial charge in [0.05, 0.1) is 0 Å². The van der Waals surface area contributed by atoms with Gasteiger partial charge in [-0.1, -0.05) is 36.4 Å². The van der Waals surface area contributed by atoms with Crippen molar-refractivity contribution >= 4 is 11.8 Å². The zero-order valence-corrected chi connectivity index (χ0v) is 12.5. The van der Waals surface area contributed by atoms with Crippen LogP contribution in [-0.4, -0.2) is 29.8 Å². The van der Waals surface area contributed by atoms with Crippen LogP contribution in [0.2, 0.25) is 0 Å². The summed E-state index contributed by atoms with van der Waals surface area (Å²) in [5, 5.41) is 2.90. The molecule has 3 N–H and O–H groups in total. The third-order valence-electron chi connectivity index (χ3n) is 3.45. The smallest absolute Gasteiger partial charge is 0.246 e. The van der Waals surface area contributed by atoms with Crippen molar-refractivity contribution in [1.29, 1.82) is 0 Å². The van der Waals surface area contributed by atoms with Gasteiger partial charge in [0.25, 0.3) is 0 Å². The molecule has 1 aliphatic heterocycles. The van der Waals surface area contributed by atoms with Gasteiger partial charge in [0.2, 0.25) is 11.8 Å². The maximum absolute atomic E-state index is 11.8. The Morgan fingerprint density at radius 1 is 1.23 bits per heavy atom. The van der Waals surface area contributed by atoms with E-state index in [0.717, 1.165) is 6.42 Å². The lowest BCUT2D eigenvalue weighted by atomic mass is 10.1. The fraction of sp³-hybridized carbons (Fsp3) is 0.294. The molecule has 0 aliphatic carbocycles. The van der Waals surface area contributed by atoms with Crippen molar-refractivity contribution in [2.24, 2.45) is 5.73 Å². The van der Waals surface area contributed by atoms with Crippen molar-refractivity contribution in [1.82, 2.24) is 10.2 Å². The van der Waals surface area contributed by atoms with Crippen LogP contribution in [0.3, 0.4) is 0 Å². The minimum Gasteiger partial charge on any atom is -0.366 e. The summed E-state index contributed by atoms with van der Waals surface area (Å²) in [4.78, 5) is 24.8. The molecule has 0 unspecified atom stereocenters. The number of nitrogens with one attached hydrogen (secondary N) is 1. The quantitative estimate of drug-likeness (QED) is 0.797. The normalized spacial score (nSPS) is 13.6. The molecule has 1 aromatic carbocycles. The van der Waals surface area contributed by atoms with Gasteiger partial charge in [-0.3, -0.25) is 9.59 Å². The highest BCUT2D eigenvalue weighted by Crippen LogP contribution is 2.11.